The number of halogens is 1. The quantitative estimate of drug-likeness (QED) is 0.649. The molecule has 2 amide bonds. The fourth-order valence-electron chi connectivity index (χ4n) is 3.34. The maximum atomic E-state index is 13.0. The highest BCUT2D eigenvalue weighted by molar-refractivity contribution is 7.10. The van der Waals surface area contributed by atoms with E-state index in [9.17, 15) is 14.0 Å². The van der Waals surface area contributed by atoms with Crippen LogP contribution in [0.5, 0.6) is 0 Å². The van der Waals surface area contributed by atoms with Gasteiger partial charge in [0.15, 0.2) is 0 Å². The molecule has 0 fully saturated rings. The van der Waals surface area contributed by atoms with Gasteiger partial charge in [0.1, 0.15) is 11.9 Å². The Hall–Kier alpha value is -3.07. The lowest BCUT2D eigenvalue weighted by Crippen LogP contribution is -2.36. The zero-order valence-corrected chi connectivity index (χ0v) is 17.2. The second-order valence-corrected chi connectivity index (χ2v) is 8.19. The zero-order chi connectivity index (χ0) is 21.1. The van der Waals surface area contributed by atoms with Gasteiger partial charge in [-0.05, 0) is 54.6 Å². The summed E-state index contributed by atoms with van der Waals surface area (Å²) in [4.78, 5) is 32.1. The smallest absolute Gasteiger partial charge is 0.249 e. The highest BCUT2D eigenvalue weighted by Crippen LogP contribution is 2.24. The average molecular weight is 428 g/mol. The summed E-state index contributed by atoms with van der Waals surface area (Å²) in [6.45, 7) is 3.03. The van der Waals surface area contributed by atoms with Gasteiger partial charge < -0.3 is 14.7 Å². The number of benzene rings is 1. The van der Waals surface area contributed by atoms with Gasteiger partial charge in [0.05, 0.1) is 0 Å². The molecular formula is C21H21FN4O3S. The maximum Gasteiger partial charge on any atom is 0.249 e. The highest BCUT2D eigenvalue weighted by atomic mass is 32.1. The first-order valence-electron chi connectivity index (χ1n) is 9.71. The first-order chi connectivity index (χ1) is 14.5. The number of nitrogens with one attached hydrogen (secondary N) is 1. The van der Waals surface area contributed by atoms with Crippen LogP contribution in [-0.4, -0.2) is 33.4 Å². The van der Waals surface area contributed by atoms with Gasteiger partial charge in [-0.2, -0.15) is 4.98 Å². The second kappa shape index (κ2) is 8.74. The van der Waals surface area contributed by atoms with Crippen LogP contribution in [0.25, 0.3) is 11.4 Å². The molecule has 2 aromatic heterocycles. The Balaban J connectivity index is 1.27. The van der Waals surface area contributed by atoms with Crippen LogP contribution in [0.15, 0.2) is 40.2 Å². The van der Waals surface area contributed by atoms with Crippen LogP contribution in [0.3, 0.4) is 0 Å². The Morgan fingerprint density at radius 3 is 2.87 bits per heavy atom. The van der Waals surface area contributed by atoms with E-state index in [0.717, 1.165) is 6.42 Å². The standard InChI is InChI=1S/C21H21FN4O3S/c1-13(21-24-20(25-29-21)14-2-4-16(22)5-3-14)23-18(27)6-7-19(28)26-10-8-17-15(12-26)9-11-30-17/h2-5,9,11,13H,6-8,10,12H2,1H3,(H,23,27). The Morgan fingerprint density at radius 2 is 2.07 bits per heavy atom. The van der Waals surface area contributed by atoms with Crippen molar-refractivity contribution in [2.24, 2.45) is 0 Å². The molecule has 0 radical (unpaired) electrons. The van der Waals surface area contributed by atoms with E-state index >= 15 is 0 Å². The van der Waals surface area contributed by atoms with Gasteiger partial charge in [0.2, 0.25) is 23.5 Å². The van der Waals surface area contributed by atoms with Gasteiger partial charge in [-0.1, -0.05) is 5.16 Å². The van der Waals surface area contributed by atoms with E-state index in [1.54, 1.807) is 35.3 Å². The third-order valence-corrected chi connectivity index (χ3v) is 6.04. The van der Waals surface area contributed by atoms with Crippen molar-refractivity contribution < 1.29 is 18.5 Å². The van der Waals surface area contributed by atoms with E-state index in [2.05, 4.69) is 21.5 Å². The van der Waals surface area contributed by atoms with Crippen LogP contribution in [0.2, 0.25) is 0 Å². The molecule has 0 aliphatic carbocycles. The minimum atomic E-state index is -0.502. The minimum Gasteiger partial charge on any atom is -0.345 e. The van der Waals surface area contributed by atoms with Gasteiger partial charge in [-0.15, -0.1) is 11.3 Å². The molecule has 30 heavy (non-hydrogen) atoms. The monoisotopic (exact) mass is 428 g/mol. The predicted molar refractivity (Wildman–Crippen MR) is 109 cm³/mol. The van der Waals surface area contributed by atoms with Crippen molar-refractivity contribution in [3.8, 4) is 11.4 Å². The van der Waals surface area contributed by atoms with Crippen LogP contribution in [0, 0.1) is 5.82 Å². The summed E-state index contributed by atoms with van der Waals surface area (Å²) in [6, 6.07) is 7.29. The molecule has 1 unspecified atom stereocenters. The normalized spacial score (nSPS) is 14.3. The Morgan fingerprint density at radius 1 is 1.27 bits per heavy atom. The molecule has 1 aliphatic heterocycles. The second-order valence-electron chi connectivity index (χ2n) is 7.19. The molecule has 3 aromatic rings. The molecular weight excluding hydrogens is 407 g/mol. The van der Waals surface area contributed by atoms with Crippen molar-refractivity contribution in [3.63, 3.8) is 0 Å². The van der Waals surface area contributed by atoms with Crippen LogP contribution < -0.4 is 5.32 Å². The number of fused-ring (bicyclic) bond motifs is 1. The van der Waals surface area contributed by atoms with Crippen LogP contribution >= 0.6 is 11.3 Å². The first kappa shape index (κ1) is 20.2. The summed E-state index contributed by atoms with van der Waals surface area (Å²) in [6.07, 6.45) is 1.12. The average Bonchev–Trinajstić information content (AvgIpc) is 3.41. The third kappa shape index (κ3) is 4.56. The van der Waals surface area contributed by atoms with E-state index in [4.69, 9.17) is 4.52 Å². The molecule has 9 heteroatoms. The summed E-state index contributed by atoms with van der Waals surface area (Å²) >= 11 is 1.72. The Kier molecular flexibility index (Phi) is 5.89. The van der Waals surface area contributed by atoms with Crippen LogP contribution in [0.1, 0.15) is 42.1 Å². The predicted octanol–water partition coefficient (Wildman–Crippen LogP) is 3.48. The summed E-state index contributed by atoms with van der Waals surface area (Å²) in [7, 11) is 0. The highest BCUT2D eigenvalue weighted by Gasteiger charge is 2.23. The fraction of sp³-hybridized carbons (Fsp3) is 0.333. The Bertz CT molecular complexity index is 1050. The lowest BCUT2D eigenvalue weighted by molar-refractivity contribution is -0.134. The Labute approximate surface area is 176 Å². The number of nitrogens with zero attached hydrogens (tertiary/aromatic N) is 3. The van der Waals surface area contributed by atoms with E-state index < -0.39 is 6.04 Å². The van der Waals surface area contributed by atoms with Gasteiger partial charge in [0, 0.05) is 36.4 Å². The molecule has 0 spiro atoms. The summed E-state index contributed by atoms with van der Waals surface area (Å²) < 4.78 is 18.3. The van der Waals surface area contributed by atoms with Crippen molar-refractivity contribution in [1.82, 2.24) is 20.4 Å². The van der Waals surface area contributed by atoms with Crippen molar-refractivity contribution in [1.29, 1.82) is 0 Å². The van der Waals surface area contributed by atoms with Crippen molar-refractivity contribution in [2.45, 2.75) is 38.8 Å². The topological polar surface area (TPSA) is 88.3 Å². The van der Waals surface area contributed by atoms with Crippen LogP contribution in [-0.2, 0) is 22.6 Å². The van der Waals surface area contributed by atoms with Gasteiger partial charge >= 0.3 is 0 Å². The number of hydrogen-bond acceptors (Lipinski definition) is 6. The fourth-order valence-corrected chi connectivity index (χ4v) is 4.23. The molecule has 1 aliphatic rings. The minimum absolute atomic E-state index is 0.0222. The SMILES string of the molecule is CC(NC(=O)CCC(=O)N1CCc2sccc2C1)c1nc(-c2ccc(F)cc2)no1. The number of aromatic nitrogens is 2. The molecule has 0 bridgehead atoms. The first-order valence-corrected chi connectivity index (χ1v) is 10.6. The molecule has 1 N–H and O–H groups in total. The number of rotatable bonds is 6. The van der Waals surface area contributed by atoms with Gasteiger partial charge in [0.25, 0.3) is 0 Å². The largest absolute Gasteiger partial charge is 0.345 e. The van der Waals surface area contributed by atoms with E-state index in [1.807, 2.05) is 5.38 Å². The molecule has 156 valence electrons. The maximum absolute atomic E-state index is 13.0. The lowest BCUT2D eigenvalue weighted by atomic mass is 10.1. The lowest BCUT2D eigenvalue weighted by Gasteiger charge is -2.27. The summed E-state index contributed by atoms with van der Waals surface area (Å²) in [5.41, 5.74) is 1.82. The molecule has 0 saturated carbocycles. The van der Waals surface area contributed by atoms with Gasteiger partial charge in [-0.3, -0.25) is 9.59 Å². The van der Waals surface area contributed by atoms with E-state index in [-0.39, 0.29) is 36.4 Å². The van der Waals surface area contributed by atoms with E-state index in [0.29, 0.717) is 24.5 Å². The summed E-state index contributed by atoms with van der Waals surface area (Å²) in [5, 5.41) is 8.70. The van der Waals surface area contributed by atoms with Crippen LogP contribution in [0.4, 0.5) is 4.39 Å². The molecule has 0 saturated heterocycles. The number of amides is 2. The van der Waals surface area contributed by atoms with Crippen molar-refractivity contribution >= 4 is 23.2 Å². The number of carbonyl (C=O) groups excluding carboxylic acids is 2. The molecule has 3 heterocycles. The molecule has 1 atom stereocenters. The van der Waals surface area contributed by atoms with E-state index in [1.165, 1.54) is 22.6 Å². The third-order valence-electron chi connectivity index (χ3n) is 5.02. The summed E-state index contributed by atoms with van der Waals surface area (Å²) in [5.74, 6) is -0.0659. The molecule has 1 aromatic carbocycles. The molecule has 7 nitrogen and oxygen atoms in total. The van der Waals surface area contributed by atoms with Crippen molar-refractivity contribution in [2.75, 3.05) is 6.54 Å². The molecule has 4 rings (SSSR count). The number of carbonyl (C=O) groups is 2. The zero-order valence-electron chi connectivity index (χ0n) is 16.4. The van der Waals surface area contributed by atoms with Gasteiger partial charge in [-0.25, -0.2) is 4.39 Å². The number of thiophene rings is 1. The number of hydrogen-bond donors (Lipinski definition) is 1. The van der Waals surface area contributed by atoms with Crippen molar-refractivity contribution in [3.05, 3.63) is 57.9 Å².